The maximum Gasteiger partial charge on any atom is 0.338 e. The Morgan fingerprint density at radius 3 is 2.00 bits per heavy atom. The van der Waals surface area contributed by atoms with E-state index in [1.54, 1.807) is 13.8 Å². The SMILES string of the molecule is CCC(C)(C)OC(=O)c1ccc(C(=O)OC(C2CCCCC2)C(F)(F)C(=O)[O-])cc1. The van der Waals surface area contributed by atoms with E-state index in [0.29, 0.717) is 32.1 Å². The number of ether oxygens (including phenoxy) is 2. The fraction of sp³-hybridized carbons (Fsp3) is 0.591. The van der Waals surface area contributed by atoms with Gasteiger partial charge >= 0.3 is 17.9 Å². The Morgan fingerprint density at radius 2 is 1.53 bits per heavy atom. The molecule has 0 saturated heterocycles. The van der Waals surface area contributed by atoms with Crippen LogP contribution in [-0.2, 0) is 14.3 Å². The molecule has 0 aliphatic heterocycles. The van der Waals surface area contributed by atoms with Crippen LogP contribution < -0.4 is 5.11 Å². The van der Waals surface area contributed by atoms with E-state index in [9.17, 15) is 28.3 Å². The van der Waals surface area contributed by atoms with Gasteiger partial charge < -0.3 is 19.4 Å². The number of hydrogen-bond acceptors (Lipinski definition) is 6. The molecule has 0 bridgehead atoms. The minimum atomic E-state index is -4.30. The zero-order chi connectivity index (χ0) is 22.5. The van der Waals surface area contributed by atoms with Crippen LogP contribution in [0.15, 0.2) is 24.3 Å². The van der Waals surface area contributed by atoms with Gasteiger partial charge in [-0.1, -0.05) is 26.2 Å². The first kappa shape index (κ1) is 23.8. The summed E-state index contributed by atoms with van der Waals surface area (Å²) in [5, 5.41) is 11.0. The Labute approximate surface area is 174 Å². The zero-order valence-electron chi connectivity index (χ0n) is 17.4. The topological polar surface area (TPSA) is 92.7 Å². The Bertz CT molecular complexity index is 766. The smallest absolute Gasteiger partial charge is 0.338 e. The molecule has 0 heterocycles. The third kappa shape index (κ3) is 5.77. The van der Waals surface area contributed by atoms with Gasteiger partial charge in [0.1, 0.15) is 11.6 Å². The quantitative estimate of drug-likeness (QED) is 0.592. The monoisotopic (exact) mass is 425 g/mol. The molecule has 1 atom stereocenters. The molecule has 1 saturated carbocycles. The van der Waals surface area contributed by atoms with Gasteiger partial charge in [0, 0.05) is 5.92 Å². The molecule has 8 heteroatoms. The molecule has 1 aliphatic rings. The van der Waals surface area contributed by atoms with Crippen molar-refractivity contribution in [2.75, 3.05) is 0 Å². The number of carboxylic acid groups (broad SMARTS) is 1. The van der Waals surface area contributed by atoms with Gasteiger partial charge in [0.15, 0.2) is 6.10 Å². The Kier molecular flexibility index (Phi) is 7.55. The van der Waals surface area contributed by atoms with Gasteiger partial charge in [0.2, 0.25) is 0 Å². The number of halogens is 2. The second kappa shape index (κ2) is 9.53. The number of esters is 2. The van der Waals surface area contributed by atoms with Crippen molar-refractivity contribution >= 4 is 17.9 Å². The molecule has 1 aliphatic carbocycles. The fourth-order valence-electron chi connectivity index (χ4n) is 3.33. The van der Waals surface area contributed by atoms with Crippen LogP contribution in [0, 0.1) is 5.92 Å². The number of rotatable bonds is 8. The highest BCUT2D eigenvalue weighted by Crippen LogP contribution is 2.36. The van der Waals surface area contributed by atoms with Crippen molar-refractivity contribution in [1.82, 2.24) is 0 Å². The number of hydrogen-bond donors (Lipinski definition) is 0. The highest BCUT2D eigenvalue weighted by molar-refractivity contribution is 5.93. The highest BCUT2D eigenvalue weighted by Gasteiger charge is 2.48. The molecule has 0 N–H and O–H groups in total. The van der Waals surface area contributed by atoms with E-state index in [-0.39, 0.29) is 11.1 Å². The Hall–Kier alpha value is -2.51. The molecule has 1 fully saturated rings. The van der Waals surface area contributed by atoms with Gasteiger partial charge in [0.25, 0.3) is 0 Å². The number of carbonyl (C=O) groups is 3. The van der Waals surface area contributed by atoms with Crippen molar-refractivity contribution in [2.45, 2.75) is 76.9 Å². The van der Waals surface area contributed by atoms with Gasteiger partial charge in [-0.3, -0.25) is 0 Å². The van der Waals surface area contributed by atoms with E-state index >= 15 is 0 Å². The van der Waals surface area contributed by atoms with Gasteiger partial charge in [-0.25, -0.2) is 9.59 Å². The lowest BCUT2D eigenvalue weighted by Crippen LogP contribution is -2.54. The van der Waals surface area contributed by atoms with Crippen LogP contribution in [0.5, 0.6) is 0 Å². The molecule has 1 aromatic rings. The molecule has 0 radical (unpaired) electrons. The number of alkyl halides is 2. The molecular weight excluding hydrogens is 398 g/mol. The lowest BCUT2D eigenvalue weighted by Gasteiger charge is -2.35. The maximum atomic E-state index is 14.2. The Morgan fingerprint density at radius 1 is 1.03 bits per heavy atom. The van der Waals surface area contributed by atoms with E-state index < -0.39 is 41.5 Å². The van der Waals surface area contributed by atoms with Crippen molar-refractivity contribution in [2.24, 2.45) is 5.92 Å². The van der Waals surface area contributed by atoms with Crippen LogP contribution in [0.1, 0.15) is 80.0 Å². The predicted octanol–water partition coefficient (Wildman–Crippen LogP) is 3.52. The number of benzene rings is 1. The van der Waals surface area contributed by atoms with E-state index in [0.717, 1.165) is 6.42 Å². The second-order valence-corrected chi connectivity index (χ2v) is 8.21. The molecule has 0 amide bonds. The molecule has 6 nitrogen and oxygen atoms in total. The molecule has 0 spiro atoms. The first-order valence-electron chi connectivity index (χ1n) is 10.1. The summed E-state index contributed by atoms with van der Waals surface area (Å²) in [6.07, 6.45) is 1.38. The van der Waals surface area contributed by atoms with Crippen LogP contribution >= 0.6 is 0 Å². The summed E-state index contributed by atoms with van der Waals surface area (Å²) < 4.78 is 38.8. The summed E-state index contributed by atoms with van der Waals surface area (Å²) in [7, 11) is 0. The molecule has 166 valence electrons. The van der Waals surface area contributed by atoms with Gasteiger partial charge in [-0.05, 0) is 57.4 Å². The van der Waals surface area contributed by atoms with Crippen LogP contribution in [0.4, 0.5) is 8.78 Å². The summed E-state index contributed by atoms with van der Waals surface area (Å²) in [6.45, 7) is 5.40. The Balaban J connectivity index is 2.15. The predicted molar refractivity (Wildman–Crippen MR) is 102 cm³/mol. The van der Waals surface area contributed by atoms with Crippen LogP contribution in [0.3, 0.4) is 0 Å². The van der Waals surface area contributed by atoms with Crippen molar-refractivity contribution in [1.29, 1.82) is 0 Å². The minimum Gasteiger partial charge on any atom is -0.544 e. The molecule has 2 rings (SSSR count). The third-order valence-electron chi connectivity index (χ3n) is 5.52. The lowest BCUT2D eigenvalue weighted by atomic mass is 9.83. The van der Waals surface area contributed by atoms with Crippen LogP contribution in [-0.4, -0.2) is 35.5 Å². The van der Waals surface area contributed by atoms with Crippen molar-refractivity contribution < 1.29 is 37.7 Å². The molecule has 0 aromatic heterocycles. The molecule has 1 unspecified atom stereocenters. The number of carboxylic acids is 1. The van der Waals surface area contributed by atoms with E-state index in [4.69, 9.17) is 9.47 Å². The summed E-state index contributed by atoms with van der Waals surface area (Å²) in [4.78, 5) is 35.6. The van der Waals surface area contributed by atoms with E-state index in [1.807, 2.05) is 6.92 Å². The number of aliphatic carboxylic acids is 1. The van der Waals surface area contributed by atoms with Gasteiger partial charge in [-0.15, -0.1) is 0 Å². The fourth-order valence-corrected chi connectivity index (χ4v) is 3.33. The van der Waals surface area contributed by atoms with Gasteiger partial charge in [0.05, 0.1) is 11.1 Å². The van der Waals surface area contributed by atoms with E-state index in [1.165, 1.54) is 24.3 Å². The number of carbonyl (C=O) groups excluding carboxylic acids is 3. The highest BCUT2D eigenvalue weighted by atomic mass is 19.3. The average Bonchev–Trinajstić information content (AvgIpc) is 2.72. The second-order valence-electron chi connectivity index (χ2n) is 8.21. The summed E-state index contributed by atoms with van der Waals surface area (Å²) in [5.41, 5.74) is -0.536. The van der Waals surface area contributed by atoms with Crippen molar-refractivity contribution in [3.63, 3.8) is 0 Å². The van der Waals surface area contributed by atoms with Gasteiger partial charge in [-0.2, -0.15) is 8.78 Å². The van der Waals surface area contributed by atoms with Crippen LogP contribution in [0.25, 0.3) is 0 Å². The molecular formula is C22H27F2O6-. The molecule has 30 heavy (non-hydrogen) atoms. The average molecular weight is 425 g/mol. The third-order valence-corrected chi connectivity index (χ3v) is 5.52. The van der Waals surface area contributed by atoms with Crippen molar-refractivity contribution in [3.8, 4) is 0 Å². The van der Waals surface area contributed by atoms with Crippen LogP contribution in [0.2, 0.25) is 0 Å². The lowest BCUT2D eigenvalue weighted by molar-refractivity contribution is -0.337. The van der Waals surface area contributed by atoms with Crippen molar-refractivity contribution in [3.05, 3.63) is 35.4 Å². The first-order chi connectivity index (χ1) is 14.0. The summed E-state index contributed by atoms with van der Waals surface area (Å²) >= 11 is 0. The summed E-state index contributed by atoms with van der Waals surface area (Å²) in [5.74, 6) is -9.29. The summed E-state index contributed by atoms with van der Waals surface area (Å²) in [6, 6.07) is 5.17. The normalized spacial score (nSPS) is 16.6. The first-order valence-corrected chi connectivity index (χ1v) is 10.1. The largest absolute Gasteiger partial charge is 0.544 e. The van der Waals surface area contributed by atoms with E-state index in [2.05, 4.69) is 0 Å². The molecule has 1 aromatic carbocycles. The zero-order valence-corrected chi connectivity index (χ0v) is 17.4. The standard InChI is InChI=1S/C22H28F2O6/c1-4-21(2,3)30-19(26)16-12-10-15(11-13-16)18(25)29-17(22(23,24)20(27)28)14-8-6-5-7-9-14/h10-14,17H,4-9H2,1-3H3,(H,27,28)/p-1. The minimum absolute atomic E-state index is 0.0729. The maximum absolute atomic E-state index is 14.2.